The van der Waals surface area contributed by atoms with E-state index in [1.54, 1.807) is 6.07 Å². The Kier molecular flexibility index (Phi) is 14.8. The maximum Gasteiger partial charge on any atom is 0.348 e. The van der Waals surface area contributed by atoms with E-state index in [0.717, 1.165) is 19.3 Å². The molecule has 0 heterocycles. The third-order valence-electron chi connectivity index (χ3n) is 4.61. The topological polar surface area (TPSA) is 104 Å². The summed E-state index contributed by atoms with van der Waals surface area (Å²) >= 11 is 0. The van der Waals surface area contributed by atoms with Gasteiger partial charge in [-0.15, -0.1) is 0 Å². The zero-order valence-corrected chi connectivity index (χ0v) is 17.4. The zero-order chi connectivity index (χ0) is 20.5. The van der Waals surface area contributed by atoms with Crippen LogP contribution in [0.1, 0.15) is 90.4 Å². The predicted molar refractivity (Wildman–Crippen MR) is 107 cm³/mol. The van der Waals surface area contributed by atoms with Crippen LogP contribution in [0.3, 0.4) is 0 Å². The van der Waals surface area contributed by atoms with Crippen molar-refractivity contribution in [3.05, 3.63) is 12.2 Å². The fourth-order valence-corrected chi connectivity index (χ4v) is 3.75. The molecule has 0 saturated carbocycles. The molecule has 156 valence electrons. The van der Waals surface area contributed by atoms with Gasteiger partial charge in [0, 0.05) is 6.42 Å². The first-order valence-corrected chi connectivity index (χ1v) is 11.6. The highest BCUT2D eigenvalue weighted by Crippen LogP contribution is 2.17. The average Bonchev–Trinajstić information content (AvgIpc) is 2.62. The highest BCUT2D eigenvalue weighted by Gasteiger charge is 2.23. The van der Waals surface area contributed by atoms with Gasteiger partial charge in [0.15, 0.2) is 0 Å². The number of nitrogens with zero attached hydrogens (tertiary/aromatic N) is 1. The van der Waals surface area contributed by atoms with Gasteiger partial charge in [-0.2, -0.15) is 13.7 Å². The van der Waals surface area contributed by atoms with Crippen LogP contribution in [0.15, 0.2) is 12.2 Å². The first kappa shape index (κ1) is 25.6. The molecule has 0 aliphatic carbocycles. The monoisotopic (exact) mass is 401 g/mol. The third-order valence-corrected chi connectivity index (χ3v) is 5.92. The van der Waals surface area contributed by atoms with Crippen molar-refractivity contribution in [3.63, 3.8) is 0 Å². The van der Waals surface area contributed by atoms with Gasteiger partial charge in [-0.05, 0) is 6.42 Å². The molecule has 0 aliphatic rings. The van der Waals surface area contributed by atoms with Gasteiger partial charge in [-0.25, -0.2) is 4.79 Å². The molecule has 6 nitrogen and oxygen atoms in total. The van der Waals surface area contributed by atoms with Crippen molar-refractivity contribution in [2.75, 3.05) is 6.61 Å². The van der Waals surface area contributed by atoms with E-state index in [1.165, 1.54) is 44.9 Å². The molecule has 0 radical (unpaired) electrons. The standard InChI is InChI=1S/C20H35NO5S/c1-3-4-5-6-7-8-9-10-11-12-13-14-19(27(23,24)25)15-16-26-20(22)18(2)17-21/h19H,2-16H2,1H3,(H,23,24,25). The van der Waals surface area contributed by atoms with Crippen LogP contribution in [0.2, 0.25) is 0 Å². The van der Waals surface area contributed by atoms with Crippen molar-refractivity contribution in [1.29, 1.82) is 5.26 Å². The van der Waals surface area contributed by atoms with E-state index in [9.17, 15) is 17.8 Å². The Morgan fingerprint density at radius 3 is 1.93 bits per heavy atom. The molecule has 0 aliphatic heterocycles. The van der Waals surface area contributed by atoms with Crippen molar-refractivity contribution in [3.8, 4) is 6.07 Å². The maximum absolute atomic E-state index is 11.5. The van der Waals surface area contributed by atoms with Gasteiger partial charge in [0.05, 0.1) is 11.9 Å². The van der Waals surface area contributed by atoms with Crippen LogP contribution in [-0.2, 0) is 19.6 Å². The SMILES string of the molecule is C=C(C#N)C(=O)OCCC(CCCCCCCCCCCCC)S(=O)(=O)O. The van der Waals surface area contributed by atoms with E-state index in [4.69, 9.17) is 10.00 Å². The Hall–Kier alpha value is -1.39. The third kappa shape index (κ3) is 14.3. The molecule has 0 fully saturated rings. The normalized spacial score (nSPS) is 12.3. The summed E-state index contributed by atoms with van der Waals surface area (Å²) in [4.78, 5) is 11.3. The summed E-state index contributed by atoms with van der Waals surface area (Å²) in [6, 6.07) is 1.57. The molecule has 0 bridgehead atoms. The van der Waals surface area contributed by atoms with Crippen LogP contribution in [0, 0.1) is 11.3 Å². The Labute approximate surface area is 164 Å². The molecule has 1 unspecified atom stereocenters. The second-order valence-electron chi connectivity index (χ2n) is 6.98. The largest absolute Gasteiger partial charge is 0.462 e. The van der Waals surface area contributed by atoms with E-state index in [-0.39, 0.29) is 18.6 Å². The summed E-state index contributed by atoms with van der Waals surface area (Å²) in [5.41, 5.74) is -0.330. The summed E-state index contributed by atoms with van der Waals surface area (Å²) in [7, 11) is -4.18. The van der Waals surface area contributed by atoms with Gasteiger partial charge < -0.3 is 4.74 Å². The Morgan fingerprint density at radius 1 is 1.00 bits per heavy atom. The smallest absolute Gasteiger partial charge is 0.348 e. The molecule has 1 atom stereocenters. The number of ether oxygens (including phenoxy) is 1. The van der Waals surface area contributed by atoms with Crippen LogP contribution in [0.4, 0.5) is 0 Å². The minimum Gasteiger partial charge on any atom is -0.462 e. The fourth-order valence-electron chi connectivity index (χ4n) is 2.89. The number of esters is 1. The molecule has 0 saturated heterocycles. The fraction of sp³-hybridized carbons (Fsp3) is 0.800. The van der Waals surface area contributed by atoms with Crippen molar-refractivity contribution in [2.24, 2.45) is 0 Å². The van der Waals surface area contributed by atoms with E-state index >= 15 is 0 Å². The lowest BCUT2D eigenvalue weighted by Crippen LogP contribution is -2.23. The summed E-state index contributed by atoms with van der Waals surface area (Å²) < 4.78 is 37.0. The van der Waals surface area contributed by atoms with E-state index < -0.39 is 21.3 Å². The molecular formula is C20H35NO5S. The Balaban J connectivity index is 3.86. The predicted octanol–water partition coefficient (Wildman–Crippen LogP) is 4.96. The molecule has 0 aromatic carbocycles. The minimum absolute atomic E-state index is 0.0149. The molecule has 0 spiro atoms. The van der Waals surface area contributed by atoms with Crippen molar-refractivity contribution in [1.82, 2.24) is 0 Å². The van der Waals surface area contributed by atoms with Gasteiger partial charge in [-0.1, -0.05) is 84.1 Å². The van der Waals surface area contributed by atoms with Gasteiger partial charge in [-0.3, -0.25) is 4.55 Å². The summed E-state index contributed by atoms with van der Waals surface area (Å²) in [6.45, 7) is 5.27. The molecule has 0 rings (SSSR count). The Bertz CT molecular complexity index is 565. The Morgan fingerprint density at radius 2 is 1.48 bits per heavy atom. The number of carbonyl (C=O) groups is 1. The van der Waals surface area contributed by atoms with Crippen LogP contribution >= 0.6 is 0 Å². The minimum atomic E-state index is -4.18. The lowest BCUT2D eigenvalue weighted by atomic mass is 10.0. The van der Waals surface area contributed by atoms with E-state index in [1.807, 2.05) is 0 Å². The highest BCUT2D eigenvalue weighted by atomic mass is 32.2. The molecule has 27 heavy (non-hydrogen) atoms. The molecule has 0 amide bonds. The highest BCUT2D eigenvalue weighted by molar-refractivity contribution is 7.86. The molecule has 0 aromatic heterocycles. The summed E-state index contributed by atoms with van der Waals surface area (Å²) in [5, 5.41) is 7.58. The molecule has 1 N–H and O–H groups in total. The van der Waals surface area contributed by atoms with Gasteiger partial charge in [0.1, 0.15) is 11.6 Å². The number of carbonyl (C=O) groups excluding carboxylic acids is 1. The van der Waals surface area contributed by atoms with E-state index in [2.05, 4.69) is 13.5 Å². The first-order chi connectivity index (χ1) is 12.8. The van der Waals surface area contributed by atoms with Crippen molar-refractivity contribution >= 4 is 16.1 Å². The second-order valence-corrected chi connectivity index (χ2v) is 8.67. The van der Waals surface area contributed by atoms with Crippen LogP contribution in [0.25, 0.3) is 0 Å². The summed E-state index contributed by atoms with van der Waals surface area (Å²) in [6.07, 6.45) is 13.2. The summed E-state index contributed by atoms with van der Waals surface area (Å²) in [5.74, 6) is -0.860. The quantitative estimate of drug-likeness (QED) is 0.121. The van der Waals surface area contributed by atoms with Crippen LogP contribution in [0.5, 0.6) is 0 Å². The average molecular weight is 402 g/mol. The van der Waals surface area contributed by atoms with Gasteiger partial charge >= 0.3 is 5.97 Å². The first-order valence-electron chi connectivity index (χ1n) is 10.0. The number of hydrogen-bond acceptors (Lipinski definition) is 5. The number of hydrogen-bond donors (Lipinski definition) is 1. The molecular weight excluding hydrogens is 366 g/mol. The lowest BCUT2D eigenvalue weighted by Gasteiger charge is -2.13. The number of rotatable bonds is 17. The number of unbranched alkanes of at least 4 members (excludes halogenated alkanes) is 10. The van der Waals surface area contributed by atoms with Crippen molar-refractivity contribution in [2.45, 2.75) is 95.6 Å². The van der Waals surface area contributed by atoms with Crippen LogP contribution in [-0.4, -0.2) is 30.8 Å². The second kappa shape index (κ2) is 15.6. The van der Waals surface area contributed by atoms with E-state index in [0.29, 0.717) is 12.8 Å². The van der Waals surface area contributed by atoms with Crippen LogP contribution < -0.4 is 0 Å². The zero-order valence-electron chi connectivity index (χ0n) is 16.6. The molecule has 0 aromatic rings. The van der Waals surface area contributed by atoms with Crippen molar-refractivity contribution < 1.29 is 22.5 Å². The number of nitriles is 1. The molecule has 7 heteroatoms. The lowest BCUT2D eigenvalue weighted by molar-refractivity contribution is -0.138. The maximum atomic E-state index is 11.5. The van der Waals surface area contributed by atoms with Gasteiger partial charge in [0.2, 0.25) is 0 Å². The van der Waals surface area contributed by atoms with Gasteiger partial charge in [0.25, 0.3) is 10.1 Å².